The molecule has 0 radical (unpaired) electrons. The van der Waals surface area contributed by atoms with Crippen molar-refractivity contribution in [2.75, 3.05) is 0 Å². The SMILES string of the molecule is CC(C)(C)OC(=O)N1[C@H]2CC[C@@H]1[C@@H](F)[C@@H](NC1CC1)C2. The number of halogens is 1. The highest BCUT2D eigenvalue weighted by Gasteiger charge is 2.51. The van der Waals surface area contributed by atoms with E-state index in [0.717, 1.165) is 25.7 Å². The number of fused-ring (bicyclic) bond motifs is 2. The average Bonchev–Trinajstić information content (AvgIpc) is 3.04. The third-order valence-electron chi connectivity index (χ3n) is 4.46. The minimum atomic E-state index is -0.970. The summed E-state index contributed by atoms with van der Waals surface area (Å²) in [5, 5.41) is 3.40. The van der Waals surface area contributed by atoms with Gasteiger partial charge in [0.1, 0.15) is 11.8 Å². The van der Waals surface area contributed by atoms with Crippen LogP contribution in [0.15, 0.2) is 0 Å². The van der Waals surface area contributed by atoms with E-state index in [-0.39, 0.29) is 24.2 Å². The van der Waals surface area contributed by atoms with Crippen LogP contribution in [0.2, 0.25) is 0 Å². The molecule has 4 atom stereocenters. The second kappa shape index (κ2) is 4.86. The third-order valence-corrected chi connectivity index (χ3v) is 4.46. The molecule has 4 nitrogen and oxygen atoms in total. The number of ether oxygens (including phenoxy) is 1. The largest absolute Gasteiger partial charge is 0.444 e. The molecular weight excluding hydrogens is 259 g/mol. The van der Waals surface area contributed by atoms with Gasteiger partial charge in [0.2, 0.25) is 0 Å². The van der Waals surface area contributed by atoms with Gasteiger partial charge in [-0.3, -0.25) is 4.90 Å². The molecule has 3 fully saturated rings. The van der Waals surface area contributed by atoms with Crippen LogP contribution in [0.4, 0.5) is 9.18 Å². The predicted molar refractivity (Wildman–Crippen MR) is 74.3 cm³/mol. The Balaban J connectivity index is 1.67. The molecule has 20 heavy (non-hydrogen) atoms. The first-order valence-electron chi connectivity index (χ1n) is 7.76. The zero-order valence-corrected chi connectivity index (χ0v) is 12.6. The topological polar surface area (TPSA) is 41.6 Å². The Labute approximate surface area is 120 Å². The van der Waals surface area contributed by atoms with Crippen LogP contribution in [0.1, 0.15) is 52.9 Å². The lowest BCUT2D eigenvalue weighted by Crippen LogP contribution is -2.59. The highest BCUT2D eigenvalue weighted by Crippen LogP contribution is 2.39. The summed E-state index contributed by atoms with van der Waals surface area (Å²) in [6.07, 6.45) is 3.37. The quantitative estimate of drug-likeness (QED) is 0.847. The van der Waals surface area contributed by atoms with Gasteiger partial charge >= 0.3 is 6.09 Å². The maximum atomic E-state index is 14.7. The van der Waals surface area contributed by atoms with Gasteiger partial charge < -0.3 is 10.1 Å². The Bertz CT molecular complexity index is 392. The van der Waals surface area contributed by atoms with E-state index < -0.39 is 11.8 Å². The molecule has 0 spiro atoms. The van der Waals surface area contributed by atoms with Crippen molar-refractivity contribution in [1.82, 2.24) is 10.2 Å². The normalized spacial score (nSPS) is 37.1. The van der Waals surface area contributed by atoms with E-state index in [9.17, 15) is 9.18 Å². The number of nitrogens with one attached hydrogen (secondary N) is 1. The van der Waals surface area contributed by atoms with Crippen LogP contribution < -0.4 is 5.32 Å². The molecule has 2 aliphatic heterocycles. The smallest absolute Gasteiger partial charge is 0.410 e. The van der Waals surface area contributed by atoms with Crippen molar-refractivity contribution in [3.05, 3.63) is 0 Å². The molecule has 2 bridgehead atoms. The van der Waals surface area contributed by atoms with Gasteiger partial charge in [0.05, 0.1) is 6.04 Å². The van der Waals surface area contributed by atoms with Gasteiger partial charge in [-0.2, -0.15) is 0 Å². The fourth-order valence-electron chi connectivity index (χ4n) is 3.46. The number of carbonyl (C=O) groups excluding carboxylic acids is 1. The van der Waals surface area contributed by atoms with Crippen molar-refractivity contribution >= 4 is 6.09 Å². The van der Waals surface area contributed by atoms with Gasteiger partial charge in [0.25, 0.3) is 0 Å². The van der Waals surface area contributed by atoms with Crippen LogP contribution in [-0.4, -0.2) is 46.9 Å². The summed E-state index contributed by atoms with van der Waals surface area (Å²) in [7, 11) is 0. The first-order valence-corrected chi connectivity index (χ1v) is 7.76. The molecule has 3 aliphatic rings. The number of nitrogens with zero attached hydrogens (tertiary/aromatic N) is 1. The lowest BCUT2D eigenvalue weighted by molar-refractivity contribution is -0.0135. The lowest BCUT2D eigenvalue weighted by Gasteiger charge is -2.41. The fourth-order valence-corrected chi connectivity index (χ4v) is 3.46. The zero-order chi connectivity index (χ0) is 14.5. The van der Waals surface area contributed by atoms with Crippen molar-refractivity contribution in [3.63, 3.8) is 0 Å². The van der Waals surface area contributed by atoms with Crippen LogP contribution in [0, 0.1) is 0 Å². The predicted octanol–water partition coefficient (Wildman–Crippen LogP) is 2.62. The Morgan fingerprint density at radius 3 is 2.55 bits per heavy atom. The number of alkyl halides is 1. The van der Waals surface area contributed by atoms with Gasteiger partial charge in [0.15, 0.2) is 0 Å². The van der Waals surface area contributed by atoms with E-state index >= 15 is 0 Å². The number of hydrogen-bond acceptors (Lipinski definition) is 3. The maximum Gasteiger partial charge on any atom is 0.410 e. The summed E-state index contributed by atoms with van der Waals surface area (Å²) in [5.41, 5.74) is -0.522. The minimum absolute atomic E-state index is 0.0845. The molecule has 1 N–H and O–H groups in total. The lowest BCUT2D eigenvalue weighted by atomic mass is 9.95. The van der Waals surface area contributed by atoms with Crippen molar-refractivity contribution in [3.8, 4) is 0 Å². The highest BCUT2D eigenvalue weighted by molar-refractivity contribution is 5.70. The summed E-state index contributed by atoms with van der Waals surface area (Å²) < 4.78 is 20.1. The monoisotopic (exact) mass is 284 g/mol. The summed E-state index contributed by atoms with van der Waals surface area (Å²) in [6.45, 7) is 5.55. The molecule has 1 amide bonds. The van der Waals surface area contributed by atoms with E-state index in [1.165, 1.54) is 0 Å². The van der Waals surface area contributed by atoms with Gasteiger partial charge in [0, 0.05) is 18.1 Å². The molecule has 2 saturated heterocycles. The first-order chi connectivity index (χ1) is 9.35. The number of rotatable bonds is 2. The molecule has 2 heterocycles. The van der Waals surface area contributed by atoms with Gasteiger partial charge in [-0.05, 0) is 52.9 Å². The molecule has 5 heteroatoms. The number of amides is 1. The summed E-state index contributed by atoms with van der Waals surface area (Å²) in [5.74, 6) is 0. The standard InChI is InChI=1S/C15H25FN2O2/c1-15(2,3)20-14(19)18-10-6-7-12(18)13(16)11(8-10)17-9-4-5-9/h9-13,17H,4-8H2,1-3H3/t10-,11-,12+,13-/m0/s1. The van der Waals surface area contributed by atoms with Crippen molar-refractivity contribution in [2.24, 2.45) is 0 Å². The van der Waals surface area contributed by atoms with E-state index in [4.69, 9.17) is 4.74 Å². The molecule has 0 aromatic carbocycles. The Kier molecular flexibility index (Phi) is 3.43. The van der Waals surface area contributed by atoms with Crippen LogP contribution >= 0.6 is 0 Å². The molecule has 3 rings (SSSR count). The van der Waals surface area contributed by atoms with Crippen LogP contribution in [-0.2, 0) is 4.74 Å². The average molecular weight is 284 g/mol. The van der Waals surface area contributed by atoms with Gasteiger partial charge in [-0.15, -0.1) is 0 Å². The van der Waals surface area contributed by atoms with E-state index in [2.05, 4.69) is 5.32 Å². The molecular formula is C15H25FN2O2. The highest BCUT2D eigenvalue weighted by atomic mass is 19.1. The maximum absolute atomic E-state index is 14.7. The number of piperidine rings is 1. The second-order valence-corrected chi connectivity index (χ2v) is 7.41. The second-order valence-electron chi connectivity index (χ2n) is 7.41. The van der Waals surface area contributed by atoms with E-state index in [1.807, 2.05) is 20.8 Å². The molecule has 0 aromatic rings. The molecule has 1 aliphatic carbocycles. The Hall–Kier alpha value is -0.840. The Morgan fingerprint density at radius 2 is 1.95 bits per heavy atom. The van der Waals surface area contributed by atoms with Crippen molar-refractivity contribution < 1.29 is 13.9 Å². The number of carbonyl (C=O) groups is 1. The van der Waals surface area contributed by atoms with E-state index in [0.29, 0.717) is 12.5 Å². The van der Waals surface area contributed by atoms with E-state index in [1.54, 1.807) is 4.90 Å². The fraction of sp³-hybridized carbons (Fsp3) is 0.933. The van der Waals surface area contributed by atoms with Crippen LogP contribution in [0.3, 0.4) is 0 Å². The minimum Gasteiger partial charge on any atom is -0.444 e. The summed E-state index contributed by atoms with van der Waals surface area (Å²) >= 11 is 0. The van der Waals surface area contributed by atoms with Crippen LogP contribution in [0.25, 0.3) is 0 Å². The van der Waals surface area contributed by atoms with Crippen LogP contribution in [0.5, 0.6) is 0 Å². The van der Waals surface area contributed by atoms with Gasteiger partial charge in [-0.25, -0.2) is 9.18 Å². The molecule has 1 saturated carbocycles. The third kappa shape index (κ3) is 2.78. The Morgan fingerprint density at radius 1 is 1.25 bits per heavy atom. The summed E-state index contributed by atoms with van der Waals surface area (Å²) in [4.78, 5) is 13.9. The number of hydrogen-bond donors (Lipinski definition) is 1. The van der Waals surface area contributed by atoms with Crippen molar-refractivity contribution in [1.29, 1.82) is 0 Å². The molecule has 0 unspecified atom stereocenters. The first kappa shape index (κ1) is 14.1. The van der Waals surface area contributed by atoms with Crippen molar-refractivity contribution in [2.45, 2.75) is 88.8 Å². The van der Waals surface area contributed by atoms with Gasteiger partial charge in [-0.1, -0.05) is 0 Å². The molecule has 114 valence electrons. The summed E-state index contributed by atoms with van der Waals surface area (Å²) in [6, 6.07) is 0.252. The zero-order valence-electron chi connectivity index (χ0n) is 12.6. The molecule has 0 aromatic heterocycles.